The molecule has 0 aliphatic heterocycles. The van der Waals surface area contributed by atoms with Crippen LogP contribution in [0, 0.1) is 0 Å². The molecule has 1 aromatic heterocycles. The van der Waals surface area contributed by atoms with Gasteiger partial charge in [-0.1, -0.05) is 0 Å². The lowest BCUT2D eigenvalue weighted by Gasteiger charge is -2.21. The molecule has 0 bridgehead atoms. The van der Waals surface area contributed by atoms with Crippen LogP contribution in [0.4, 0.5) is 0 Å². The summed E-state index contributed by atoms with van der Waals surface area (Å²) >= 11 is 0. The highest BCUT2D eigenvalue weighted by Gasteiger charge is 2.19. The monoisotopic (exact) mass is 275 g/mol. The molecule has 5 heteroatoms. The van der Waals surface area contributed by atoms with E-state index in [0.29, 0.717) is 6.54 Å². The molecule has 5 nitrogen and oxygen atoms in total. The molecule has 2 rings (SSSR count). The molecule has 0 aliphatic rings. The third kappa shape index (κ3) is 2.93. The molecule has 0 unspecified atom stereocenters. The highest BCUT2D eigenvalue weighted by Crippen LogP contribution is 2.26. The molecule has 2 aromatic rings. The Bertz CT molecular complexity index is 585. The number of rotatable bonds is 5. The van der Waals surface area contributed by atoms with E-state index in [1.807, 2.05) is 36.6 Å². The van der Waals surface area contributed by atoms with E-state index in [9.17, 15) is 0 Å². The summed E-state index contributed by atoms with van der Waals surface area (Å²) in [6.07, 6.45) is 3.59. The number of ether oxygens (including phenoxy) is 2. The largest absolute Gasteiger partial charge is 0.497 e. The predicted octanol–water partition coefficient (Wildman–Crippen LogP) is 2.14. The lowest BCUT2D eigenvalue weighted by atomic mass is 10.0. The third-order valence-electron chi connectivity index (χ3n) is 3.21. The maximum Gasteiger partial charge on any atom is 0.127 e. The minimum Gasteiger partial charge on any atom is -0.497 e. The Balaban J connectivity index is 2.33. The summed E-state index contributed by atoms with van der Waals surface area (Å²) in [4.78, 5) is 4.19. The van der Waals surface area contributed by atoms with Crippen molar-refractivity contribution in [1.82, 2.24) is 9.55 Å². The molecule has 0 aliphatic carbocycles. The van der Waals surface area contributed by atoms with Gasteiger partial charge in [0.25, 0.3) is 0 Å². The van der Waals surface area contributed by atoms with Gasteiger partial charge in [0.15, 0.2) is 0 Å². The number of imidazole rings is 1. The number of aromatic nitrogens is 2. The average Bonchev–Trinajstić information content (AvgIpc) is 2.87. The Kier molecular flexibility index (Phi) is 3.99. The summed E-state index contributed by atoms with van der Waals surface area (Å²) in [7, 11) is 3.29. The number of hydrogen-bond donors (Lipinski definition) is 1. The first-order valence-electron chi connectivity index (χ1n) is 6.46. The van der Waals surface area contributed by atoms with Gasteiger partial charge in [0.2, 0.25) is 0 Å². The summed E-state index contributed by atoms with van der Waals surface area (Å²) < 4.78 is 12.7. The van der Waals surface area contributed by atoms with Gasteiger partial charge in [-0.3, -0.25) is 0 Å². The molecule has 2 N–H and O–H groups in total. The molecule has 0 spiro atoms. The summed E-state index contributed by atoms with van der Waals surface area (Å²) in [5, 5.41) is 0. The molecular weight excluding hydrogens is 254 g/mol. The zero-order valence-electron chi connectivity index (χ0n) is 12.4. The van der Waals surface area contributed by atoms with Gasteiger partial charge in [-0.2, -0.15) is 0 Å². The molecule has 0 saturated carbocycles. The van der Waals surface area contributed by atoms with Crippen molar-refractivity contribution in [3.63, 3.8) is 0 Å². The Labute approximate surface area is 119 Å². The summed E-state index contributed by atoms with van der Waals surface area (Å²) in [6, 6.07) is 5.78. The summed E-state index contributed by atoms with van der Waals surface area (Å²) in [6.45, 7) is 4.58. The highest BCUT2D eigenvalue weighted by atomic mass is 16.5. The van der Waals surface area contributed by atoms with Gasteiger partial charge in [-0.25, -0.2) is 4.98 Å². The molecule has 0 radical (unpaired) electrons. The van der Waals surface area contributed by atoms with Crippen molar-refractivity contribution in [1.29, 1.82) is 0 Å². The van der Waals surface area contributed by atoms with Gasteiger partial charge in [0.05, 0.1) is 38.3 Å². The minimum absolute atomic E-state index is 0.434. The fraction of sp³-hybridized carbons (Fsp3) is 0.400. The van der Waals surface area contributed by atoms with Gasteiger partial charge < -0.3 is 19.8 Å². The molecular formula is C15H21N3O2. The average molecular weight is 275 g/mol. The molecule has 1 heterocycles. The van der Waals surface area contributed by atoms with E-state index in [2.05, 4.69) is 4.98 Å². The summed E-state index contributed by atoms with van der Waals surface area (Å²) in [5.74, 6) is 1.56. The zero-order chi connectivity index (χ0) is 14.8. The first kappa shape index (κ1) is 14.4. The van der Waals surface area contributed by atoms with Crippen molar-refractivity contribution in [3.05, 3.63) is 42.0 Å². The van der Waals surface area contributed by atoms with Crippen LogP contribution in [0.2, 0.25) is 0 Å². The van der Waals surface area contributed by atoms with Gasteiger partial charge in [0.1, 0.15) is 11.5 Å². The maximum atomic E-state index is 6.16. The van der Waals surface area contributed by atoms with Gasteiger partial charge in [-0.15, -0.1) is 0 Å². The van der Waals surface area contributed by atoms with Crippen LogP contribution in [-0.4, -0.2) is 23.8 Å². The van der Waals surface area contributed by atoms with Crippen LogP contribution in [0.5, 0.6) is 11.5 Å². The second-order valence-corrected chi connectivity index (χ2v) is 5.31. The topological polar surface area (TPSA) is 62.3 Å². The molecule has 0 amide bonds. The minimum atomic E-state index is -0.434. The Morgan fingerprint density at radius 1 is 1.25 bits per heavy atom. The number of nitrogens with two attached hydrogens (primary N) is 1. The molecule has 0 saturated heterocycles. The Morgan fingerprint density at radius 3 is 2.60 bits per heavy atom. The number of hydrogen-bond acceptors (Lipinski definition) is 4. The molecule has 1 aromatic carbocycles. The number of benzene rings is 1. The maximum absolute atomic E-state index is 6.16. The van der Waals surface area contributed by atoms with Crippen molar-refractivity contribution >= 4 is 0 Å². The smallest absolute Gasteiger partial charge is 0.127 e. The van der Waals surface area contributed by atoms with Crippen molar-refractivity contribution in [2.75, 3.05) is 14.2 Å². The van der Waals surface area contributed by atoms with Crippen molar-refractivity contribution in [2.45, 2.75) is 25.9 Å². The van der Waals surface area contributed by atoms with Crippen LogP contribution < -0.4 is 15.2 Å². The van der Waals surface area contributed by atoms with Crippen LogP contribution in [0.1, 0.15) is 25.1 Å². The van der Waals surface area contributed by atoms with Crippen LogP contribution in [0.15, 0.2) is 30.7 Å². The van der Waals surface area contributed by atoms with Crippen molar-refractivity contribution < 1.29 is 9.47 Å². The van der Waals surface area contributed by atoms with Gasteiger partial charge in [0, 0.05) is 17.8 Å². The third-order valence-corrected chi connectivity index (χ3v) is 3.21. The second kappa shape index (κ2) is 5.54. The SMILES string of the molecule is COc1ccc(Cn2cncc2C(C)(C)N)c(OC)c1. The predicted molar refractivity (Wildman–Crippen MR) is 78.1 cm³/mol. The Hall–Kier alpha value is -2.01. The fourth-order valence-corrected chi connectivity index (χ4v) is 2.15. The van der Waals surface area contributed by atoms with Crippen LogP contribution in [0.3, 0.4) is 0 Å². The molecule has 0 fully saturated rings. The summed E-state index contributed by atoms with van der Waals surface area (Å²) in [5.41, 5.74) is 7.76. The lowest BCUT2D eigenvalue weighted by molar-refractivity contribution is 0.389. The van der Waals surface area contributed by atoms with Gasteiger partial charge in [-0.05, 0) is 26.0 Å². The second-order valence-electron chi connectivity index (χ2n) is 5.31. The van der Waals surface area contributed by atoms with Crippen LogP contribution >= 0.6 is 0 Å². The van der Waals surface area contributed by atoms with Crippen molar-refractivity contribution in [3.8, 4) is 11.5 Å². The van der Waals surface area contributed by atoms with E-state index >= 15 is 0 Å². The Morgan fingerprint density at radius 2 is 2.00 bits per heavy atom. The first-order chi connectivity index (χ1) is 9.45. The van der Waals surface area contributed by atoms with E-state index in [4.69, 9.17) is 15.2 Å². The van der Waals surface area contributed by atoms with E-state index in [1.165, 1.54) is 0 Å². The van der Waals surface area contributed by atoms with Crippen LogP contribution in [0.25, 0.3) is 0 Å². The van der Waals surface area contributed by atoms with E-state index in [0.717, 1.165) is 22.8 Å². The lowest BCUT2D eigenvalue weighted by Crippen LogP contribution is -2.31. The quantitative estimate of drug-likeness (QED) is 0.908. The van der Waals surface area contributed by atoms with Crippen molar-refractivity contribution in [2.24, 2.45) is 5.73 Å². The van der Waals surface area contributed by atoms with E-state index < -0.39 is 5.54 Å². The highest BCUT2D eigenvalue weighted by molar-refractivity contribution is 5.41. The molecule has 20 heavy (non-hydrogen) atoms. The number of nitrogens with zero attached hydrogens (tertiary/aromatic N) is 2. The fourth-order valence-electron chi connectivity index (χ4n) is 2.15. The number of methoxy groups -OCH3 is 2. The normalized spacial score (nSPS) is 11.4. The van der Waals surface area contributed by atoms with E-state index in [1.54, 1.807) is 26.7 Å². The first-order valence-corrected chi connectivity index (χ1v) is 6.46. The molecule has 0 atom stereocenters. The standard InChI is InChI=1S/C15H21N3O2/c1-15(2,16)14-8-17-10-18(14)9-11-5-6-12(19-3)7-13(11)20-4/h5-8,10H,9,16H2,1-4H3. The van der Waals surface area contributed by atoms with Crippen LogP contribution in [-0.2, 0) is 12.1 Å². The molecule has 108 valence electrons. The van der Waals surface area contributed by atoms with E-state index in [-0.39, 0.29) is 0 Å². The van der Waals surface area contributed by atoms with Gasteiger partial charge >= 0.3 is 0 Å². The zero-order valence-corrected chi connectivity index (χ0v) is 12.4.